The summed E-state index contributed by atoms with van der Waals surface area (Å²) in [6, 6.07) is 21.4. The van der Waals surface area contributed by atoms with Gasteiger partial charge >= 0.3 is 0 Å². The van der Waals surface area contributed by atoms with Crippen LogP contribution in [-0.2, 0) is 0 Å². The van der Waals surface area contributed by atoms with Gasteiger partial charge in [0.05, 0.1) is 29.0 Å². The Bertz CT molecular complexity index is 1200. The van der Waals surface area contributed by atoms with E-state index in [2.05, 4.69) is 15.0 Å². The summed E-state index contributed by atoms with van der Waals surface area (Å²) in [5.41, 5.74) is 3.60. The standard InChI is InChI=1S/C23H21N5O/c29-23-11-10-19(17-6-2-1-3-7-17)26-28(23)18-12-14-27(15-13-18)22-16-24-20-8-4-5-9-21(20)25-22/h1-11,16,18H,12-15H2. The van der Waals surface area contributed by atoms with Gasteiger partial charge in [-0.25, -0.2) is 9.67 Å². The van der Waals surface area contributed by atoms with Crippen molar-refractivity contribution in [2.75, 3.05) is 18.0 Å². The molecule has 0 saturated carbocycles. The first-order valence-electron chi connectivity index (χ1n) is 9.90. The summed E-state index contributed by atoms with van der Waals surface area (Å²) in [7, 11) is 0. The van der Waals surface area contributed by atoms with E-state index in [1.165, 1.54) is 0 Å². The highest BCUT2D eigenvalue weighted by molar-refractivity contribution is 5.75. The number of nitrogens with zero attached hydrogens (tertiary/aromatic N) is 5. The van der Waals surface area contributed by atoms with Crippen LogP contribution in [0.5, 0.6) is 0 Å². The minimum atomic E-state index is -0.0476. The van der Waals surface area contributed by atoms with Gasteiger partial charge < -0.3 is 4.90 Å². The average Bonchev–Trinajstić information content (AvgIpc) is 2.80. The zero-order valence-corrected chi connectivity index (χ0v) is 16.0. The molecule has 5 rings (SSSR count). The summed E-state index contributed by atoms with van der Waals surface area (Å²) in [4.78, 5) is 24.0. The van der Waals surface area contributed by atoms with Crippen molar-refractivity contribution in [3.8, 4) is 11.3 Å². The number of piperidine rings is 1. The summed E-state index contributed by atoms with van der Waals surface area (Å²) in [6.45, 7) is 1.64. The zero-order valence-electron chi connectivity index (χ0n) is 16.0. The second-order valence-corrected chi connectivity index (χ2v) is 7.30. The van der Waals surface area contributed by atoms with Gasteiger partial charge in [-0.1, -0.05) is 42.5 Å². The van der Waals surface area contributed by atoms with Gasteiger partial charge in [-0.15, -0.1) is 0 Å². The van der Waals surface area contributed by atoms with Crippen molar-refractivity contribution in [1.82, 2.24) is 19.7 Å². The first-order valence-corrected chi connectivity index (χ1v) is 9.90. The van der Waals surface area contributed by atoms with Crippen molar-refractivity contribution in [2.24, 2.45) is 0 Å². The SMILES string of the molecule is O=c1ccc(-c2ccccc2)nn1C1CCN(c2cnc3ccccc3n2)CC1. The summed E-state index contributed by atoms with van der Waals surface area (Å²) in [6.07, 6.45) is 3.53. The third-order valence-electron chi connectivity index (χ3n) is 5.46. The quantitative estimate of drug-likeness (QED) is 0.540. The second kappa shape index (κ2) is 7.47. The molecule has 1 fully saturated rings. The molecule has 0 unspecified atom stereocenters. The van der Waals surface area contributed by atoms with Gasteiger partial charge in [0, 0.05) is 24.7 Å². The van der Waals surface area contributed by atoms with Crippen molar-refractivity contribution in [3.05, 3.63) is 83.3 Å². The lowest BCUT2D eigenvalue weighted by Gasteiger charge is -2.33. The van der Waals surface area contributed by atoms with Crippen LogP contribution in [0.15, 0.2) is 77.7 Å². The molecule has 1 aliphatic rings. The van der Waals surface area contributed by atoms with Crippen LogP contribution in [0, 0.1) is 0 Å². The molecule has 3 heterocycles. The van der Waals surface area contributed by atoms with E-state index in [9.17, 15) is 4.79 Å². The van der Waals surface area contributed by atoms with E-state index in [1.54, 1.807) is 16.8 Å². The molecule has 0 amide bonds. The highest BCUT2D eigenvalue weighted by atomic mass is 16.1. The van der Waals surface area contributed by atoms with Crippen molar-refractivity contribution in [2.45, 2.75) is 18.9 Å². The fourth-order valence-corrected chi connectivity index (χ4v) is 3.89. The Hall–Kier alpha value is -3.54. The molecule has 6 nitrogen and oxygen atoms in total. The molecule has 1 aliphatic heterocycles. The molecule has 4 aromatic rings. The van der Waals surface area contributed by atoms with Gasteiger partial charge in [0.25, 0.3) is 5.56 Å². The lowest BCUT2D eigenvalue weighted by molar-refractivity contribution is 0.353. The van der Waals surface area contributed by atoms with E-state index >= 15 is 0 Å². The summed E-state index contributed by atoms with van der Waals surface area (Å²) < 4.78 is 1.66. The third kappa shape index (κ3) is 3.49. The number of para-hydroxylation sites is 2. The fraction of sp³-hybridized carbons (Fsp3) is 0.217. The first kappa shape index (κ1) is 17.6. The Kier molecular flexibility index (Phi) is 4.52. The van der Waals surface area contributed by atoms with Gasteiger partial charge in [-0.2, -0.15) is 5.10 Å². The molecule has 29 heavy (non-hydrogen) atoms. The van der Waals surface area contributed by atoms with Crippen molar-refractivity contribution in [3.63, 3.8) is 0 Å². The Morgan fingerprint density at radius 3 is 2.34 bits per heavy atom. The highest BCUT2D eigenvalue weighted by Gasteiger charge is 2.23. The van der Waals surface area contributed by atoms with Crippen LogP contribution in [0.4, 0.5) is 5.82 Å². The number of hydrogen-bond acceptors (Lipinski definition) is 5. The maximum atomic E-state index is 12.5. The predicted octanol–water partition coefficient (Wildman–Crippen LogP) is 3.70. The largest absolute Gasteiger partial charge is 0.355 e. The third-order valence-corrected chi connectivity index (χ3v) is 5.46. The number of hydrogen-bond donors (Lipinski definition) is 0. The average molecular weight is 383 g/mol. The summed E-state index contributed by atoms with van der Waals surface area (Å²) >= 11 is 0. The topological polar surface area (TPSA) is 63.9 Å². The monoisotopic (exact) mass is 383 g/mol. The van der Waals surface area contributed by atoms with Crippen LogP contribution < -0.4 is 10.5 Å². The Morgan fingerprint density at radius 2 is 1.55 bits per heavy atom. The number of aromatic nitrogens is 4. The molecule has 0 aliphatic carbocycles. The Morgan fingerprint density at radius 1 is 0.828 bits per heavy atom. The van der Waals surface area contributed by atoms with E-state index in [0.717, 1.165) is 54.0 Å². The highest BCUT2D eigenvalue weighted by Crippen LogP contribution is 2.25. The van der Waals surface area contributed by atoms with Crippen molar-refractivity contribution < 1.29 is 0 Å². The van der Waals surface area contributed by atoms with Gasteiger partial charge in [0.2, 0.25) is 0 Å². The number of fused-ring (bicyclic) bond motifs is 1. The van der Waals surface area contributed by atoms with Crippen LogP contribution in [0.3, 0.4) is 0 Å². The fourth-order valence-electron chi connectivity index (χ4n) is 3.89. The maximum absolute atomic E-state index is 12.5. The van der Waals surface area contributed by atoms with Crippen molar-refractivity contribution >= 4 is 16.9 Å². The van der Waals surface area contributed by atoms with Gasteiger partial charge in [-0.3, -0.25) is 9.78 Å². The van der Waals surface area contributed by atoms with E-state index in [-0.39, 0.29) is 11.6 Å². The Labute approximate surface area is 168 Å². The van der Waals surface area contributed by atoms with Gasteiger partial charge in [0.15, 0.2) is 0 Å². The molecule has 0 atom stereocenters. The zero-order chi connectivity index (χ0) is 19.6. The number of rotatable bonds is 3. The smallest absolute Gasteiger partial charge is 0.267 e. The molecule has 0 radical (unpaired) electrons. The van der Waals surface area contributed by atoms with E-state index in [1.807, 2.05) is 60.8 Å². The minimum absolute atomic E-state index is 0.0476. The molecule has 144 valence electrons. The van der Waals surface area contributed by atoms with Gasteiger partial charge in [0.1, 0.15) is 5.82 Å². The number of anilines is 1. The number of benzene rings is 2. The molecular weight excluding hydrogens is 362 g/mol. The lowest BCUT2D eigenvalue weighted by atomic mass is 10.1. The normalized spacial score (nSPS) is 15.0. The molecule has 2 aromatic heterocycles. The van der Waals surface area contributed by atoms with Crippen LogP contribution in [-0.4, -0.2) is 32.8 Å². The van der Waals surface area contributed by atoms with Gasteiger partial charge in [-0.05, 0) is 31.0 Å². The first-order chi connectivity index (χ1) is 14.3. The van der Waals surface area contributed by atoms with Crippen LogP contribution in [0.1, 0.15) is 18.9 Å². The molecule has 0 spiro atoms. The molecule has 0 bridgehead atoms. The molecule has 6 heteroatoms. The molecule has 2 aromatic carbocycles. The minimum Gasteiger partial charge on any atom is -0.355 e. The lowest BCUT2D eigenvalue weighted by Crippen LogP contribution is -2.38. The summed E-state index contributed by atoms with van der Waals surface area (Å²) in [5.74, 6) is 0.889. The van der Waals surface area contributed by atoms with Crippen LogP contribution >= 0.6 is 0 Å². The molecule has 0 N–H and O–H groups in total. The van der Waals surface area contributed by atoms with Crippen molar-refractivity contribution in [1.29, 1.82) is 0 Å². The van der Waals surface area contributed by atoms with E-state index < -0.39 is 0 Å². The summed E-state index contributed by atoms with van der Waals surface area (Å²) in [5, 5.41) is 4.66. The van der Waals surface area contributed by atoms with Crippen LogP contribution in [0.2, 0.25) is 0 Å². The van der Waals surface area contributed by atoms with E-state index in [0.29, 0.717) is 0 Å². The Balaban J connectivity index is 1.35. The molecule has 1 saturated heterocycles. The predicted molar refractivity (Wildman–Crippen MR) is 114 cm³/mol. The van der Waals surface area contributed by atoms with E-state index in [4.69, 9.17) is 4.98 Å². The van der Waals surface area contributed by atoms with Crippen LogP contribution in [0.25, 0.3) is 22.3 Å². The molecular formula is C23H21N5O. The second-order valence-electron chi connectivity index (χ2n) is 7.30. The maximum Gasteiger partial charge on any atom is 0.267 e.